The number of nitrogens with zero attached hydrogens (tertiary/aromatic N) is 3. The predicted octanol–water partition coefficient (Wildman–Crippen LogP) is 5.61. The number of allylic oxidation sites excluding steroid dienone is 1. The van der Waals surface area contributed by atoms with E-state index in [-0.39, 0.29) is 17.3 Å². The van der Waals surface area contributed by atoms with Crippen molar-refractivity contribution in [3.63, 3.8) is 0 Å². The molecule has 6 nitrogen and oxygen atoms in total. The fraction of sp³-hybridized carbons (Fsp3) is 0.360. The Kier molecular flexibility index (Phi) is 6.73. The van der Waals surface area contributed by atoms with Crippen LogP contribution in [0.1, 0.15) is 43.6 Å². The lowest BCUT2D eigenvalue weighted by Crippen LogP contribution is -2.35. The topological polar surface area (TPSA) is 76.3 Å². The third-order valence-electron chi connectivity index (χ3n) is 6.15. The molecule has 2 aliphatic heterocycles. The maximum atomic E-state index is 11.9. The monoisotopic (exact) mass is 479 g/mol. The van der Waals surface area contributed by atoms with Crippen LogP contribution in [0.2, 0.25) is 0 Å². The van der Waals surface area contributed by atoms with Gasteiger partial charge in [-0.1, -0.05) is 0 Å². The van der Waals surface area contributed by atoms with Crippen molar-refractivity contribution < 1.29 is 14.0 Å². The summed E-state index contributed by atoms with van der Waals surface area (Å²) in [4.78, 5) is 35.1. The molecule has 3 aromatic heterocycles. The number of piperidine rings is 1. The lowest BCUT2D eigenvalue weighted by Gasteiger charge is -2.32. The molecule has 0 atom stereocenters. The molecule has 2 aliphatic rings. The van der Waals surface area contributed by atoms with E-state index in [1.807, 2.05) is 0 Å². The summed E-state index contributed by atoms with van der Waals surface area (Å²) in [6, 6.07) is 8.03. The molecule has 2 saturated heterocycles. The fourth-order valence-electron chi connectivity index (χ4n) is 4.33. The first kappa shape index (κ1) is 22.1. The second-order valence-electron chi connectivity index (χ2n) is 8.46. The SMILES string of the molecule is O=C1CC(=O)/C(=C/c2ccnc(N3CCC(CCCc4ccc(-c5ccsc5)o4)CC3)n2)S1. The Morgan fingerprint density at radius 2 is 2.03 bits per heavy atom. The highest BCUT2D eigenvalue weighted by molar-refractivity contribution is 8.18. The molecule has 8 heteroatoms. The minimum absolute atomic E-state index is 0.0162. The van der Waals surface area contributed by atoms with Gasteiger partial charge in [0.15, 0.2) is 5.78 Å². The van der Waals surface area contributed by atoms with Crippen molar-refractivity contribution in [1.82, 2.24) is 9.97 Å². The van der Waals surface area contributed by atoms with Crippen molar-refractivity contribution in [2.75, 3.05) is 18.0 Å². The van der Waals surface area contributed by atoms with Crippen LogP contribution >= 0.6 is 23.1 Å². The molecule has 2 fully saturated rings. The summed E-state index contributed by atoms with van der Waals surface area (Å²) in [5.74, 6) is 3.30. The van der Waals surface area contributed by atoms with Crippen LogP contribution in [0, 0.1) is 5.92 Å². The van der Waals surface area contributed by atoms with Gasteiger partial charge in [-0.3, -0.25) is 9.59 Å². The van der Waals surface area contributed by atoms with Gasteiger partial charge in [0.25, 0.3) is 0 Å². The van der Waals surface area contributed by atoms with Crippen LogP contribution in [0.5, 0.6) is 0 Å². The highest BCUT2D eigenvalue weighted by Gasteiger charge is 2.26. The Labute approximate surface area is 201 Å². The molecule has 0 radical (unpaired) electrons. The molecule has 0 N–H and O–H groups in total. The summed E-state index contributed by atoms with van der Waals surface area (Å²) in [6.45, 7) is 1.86. The van der Waals surface area contributed by atoms with Crippen molar-refractivity contribution in [1.29, 1.82) is 0 Å². The number of carbonyl (C=O) groups excluding carboxylic acids is 2. The number of anilines is 1. The molecule has 0 aromatic carbocycles. The van der Waals surface area contributed by atoms with Crippen molar-refractivity contribution >= 4 is 46.0 Å². The zero-order chi connectivity index (χ0) is 22.6. The number of Topliss-reactive ketones (excluding diaryl/α,β-unsaturated/α-hetero) is 1. The number of rotatable bonds is 7. The Hall–Kier alpha value is -2.71. The van der Waals surface area contributed by atoms with E-state index in [4.69, 9.17) is 4.42 Å². The van der Waals surface area contributed by atoms with E-state index in [9.17, 15) is 9.59 Å². The zero-order valence-corrected chi connectivity index (χ0v) is 19.9. The number of hydrogen-bond donors (Lipinski definition) is 0. The number of hydrogen-bond acceptors (Lipinski definition) is 8. The summed E-state index contributed by atoms with van der Waals surface area (Å²) >= 11 is 2.69. The van der Waals surface area contributed by atoms with E-state index < -0.39 is 0 Å². The smallest absolute Gasteiger partial charge is 0.225 e. The molecular formula is C25H25N3O3S2. The van der Waals surface area contributed by atoms with E-state index in [1.165, 1.54) is 6.42 Å². The number of carbonyl (C=O) groups is 2. The molecule has 33 heavy (non-hydrogen) atoms. The maximum Gasteiger partial charge on any atom is 0.225 e. The lowest BCUT2D eigenvalue weighted by molar-refractivity contribution is -0.119. The van der Waals surface area contributed by atoms with Gasteiger partial charge in [-0.25, -0.2) is 9.97 Å². The zero-order valence-electron chi connectivity index (χ0n) is 18.2. The predicted molar refractivity (Wildman–Crippen MR) is 132 cm³/mol. The second kappa shape index (κ2) is 10.1. The third-order valence-corrected chi connectivity index (χ3v) is 7.77. The summed E-state index contributed by atoms with van der Waals surface area (Å²) in [7, 11) is 0. The average Bonchev–Trinajstić information content (AvgIpc) is 3.57. The number of aryl methyl sites for hydroxylation is 1. The number of thioether (sulfide) groups is 1. The number of ketones is 1. The van der Waals surface area contributed by atoms with Crippen LogP contribution in [0.15, 0.2) is 50.5 Å². The van der Waals surface area contributed by atoms with Crippen LogP contribution < -0.4 is 4.90 Å². The third kappa shape index (κ3) is 5.45. The number of aromatic nitrogens is 2. The lowest BCUT2D eigenvalue weighted by atomic mass is 9.91. The first-order chi connectivity index (χ1) is 16.1. The first-order valence-electron chi connectivity index (χ1n) is 11.3. The van der Waals surface area contributed by atoms with Gasteiger partial charge in [0.1, 0.15) is 11.5 Å². The van der Waals surface area contributed by atoms with Crippen LogP contribution in [0.25, 0.3) is 17.4 Å². The van der Waals surface area contributed by atoms with Crippen molar-refractivity contribution in [3.8, 4) is 11.3 Å². The van der Waals surface area contributed by atoms with E-state index in [2.05, 4.69) is 43.8 Å². The van der Waals surface area contributed by atoms with E-state index in [0.29, 0.717) is 22.5 Å². The Morgan fingerprint density at radius 3 is 2.79 bits per heavy atom. The van der Waals surface area contributed by atoms with Gasteiger partial charge in [-0.05, 0) is 79.1 Å². The van der Waals surface area contributed by atoms with Crippen LogP contribution in [0.3, 0.4) is 0 Å². The van der Waals surface area contributed by atoms with Crippen LogP contribution in [0.4, 0.5) is 5.95 Å². The molecule has 5 heterocycles. The van der Waals surface area contributed by atoms with Gasteiger partial charge >= 0.3 is 0 Å². The maximum absolute atomic E-state index is 11.9. The molecule has 0 spiro atoms. The quantitative estimate of drug-likeness (QED) is 0.322. The van der Waals surface area contributed by atoms with Crippen LogP contribution in [-0.4, -0.2) is 34.0 Å². The summed E-state index contributed by atoms with van der Waals surface area (Å²) in [5.41, 5.74) is 1.83. The first-order valence-corrected chi connectivity index (χ1v) is 13.0. The average molecular weight is 480 g/mol. The second-order valence-corrected chi connectivity index (χ2v) is 10.3. The standard InChI is InChI=1S/C25H25N3O3S2/c29-21-15-24(30)33-23(21)14-19-6-10-26-25(27-19)28-11-7-17(8-12-28)2-1-3-20-4-5-22(31-20)18-9-13-32-16-18/h4-6,9-10,13-14,16-17H,1-3,7-8,11-12,15H2/b23-14-. The Bertz CT molecular complexity index is 1160. The molecule has 0 amide bonds. The number of furan rings is 1. The minimum atomic E-state index is -0.122. The minimum Gasteiger partial charge on any atom is -0.461 e. The molecule has 3 aromatic rings. The highest BCUT2D eigenvalue weighted by atomic mass is 32.2. The summed E-state index contributed by atoms with van der Waals surface area (Å²) in [6.07, 6.45) is 8.95. The summed E-state index contributed by atoms with van der Waals surface area (Å²) in [5, 5.41) is 4.08. The van der Waals surface area contributed by atoms with Gasteiger partial charge in [-0.2, -0.15) is 11.3 Å². The van der Waals surface area contributed by atoms with Crippen LogP contribution in [-0.2, 0) is 16.0 Å². The van der Waals surface area contributed by atoms with Gasteiger partial charge in [0, 0.05) is 36.7 Å². The van der Waals surface area contributed by atoms with Crippen molar-refractivity contribution in [2.45, 2.75) is 38.5 Å². The van der Waals surface area contributed by atoms with E-state index in [0.717, 1.165) is 67.6 Å². The Balaban J connectivity index is 1.10. The normalized spacial score (nSPS) is 18.5. The molecular weight excluding hydrogens is 454 g/mol. The van der Waals surface area contributed by atoms with Gasteiger partial charge in [0.2, 0.25) is 11.1 Å². The van der Waals surface area contributed by atoms with E-state index in [1.54, 1.807) is 29.7 Å². The van der Waals surface area contributed by atoms with Gasteiger partial charge < -0.3 is 9.32 Å². The molecule has 0 saturated carbocycles. The molecule has 0 unspecified atom stereocenters. The molecule has 0 aliphatic carbocycles. The van der Waals surface area contributed by atoms with Crippen molar-refractivity contribution in [3.05, 3.63) is 57.6 Å². The van der Waals surface area contributed by atoms with E-state index >= 15 is 0 Å². The molecule has 170 valence electrons. The largest absolute Gasteiger partial charge is 0.461 e. The van der Waals surface area contributed by atoms with Crippen molar-refractivity contribution in [2.24, 2.45) is 5.92 Å². The molecule has 5 rings (SSSR count). The molecule has 0 bridgehead atoms. The summed E-state index contributed by atoms with van der Waals surface area (Å²) < 4.78 is 6.00. The number of thiophene rings is 1. The van der Waals surface area contributed by atoms with Gasteiger partial charge in [0.05, 0.1) is 17.0 Å². The van der Waals surface area contributed by atoms with Gasteiger partial charge in [-0.15, -0.1) is 0 Å². The Morgan fingerprint density at radius 1 is 1.15 bits per heavy atom. The highest BCUT2D eigenvalue weighted by Crippen LogP contribution is 2.31. The fourth-order valence-corrected chi connectivity index (χ4v) is 5.79.